The summed E-state index contributed by atoms with van der Waals surface area (Å²) in [5.41, 5.74) is 2.55. The molecule has 0 aromatic heterocycles. The van der Waals surface area contributed by atoms with Crippen molar-refractivity contribution in [2.24, 2.45) is 5.92 Å². The van der Waals surface area contributed by atoms with E-state index in [9.17, 15) is 4.79 Å². The molecule has 1 aromatic carbocycles. The molecule has 0 radical (unpaired) electrons. The van der Waals surface area contributed by atoms with Gasteiger partial charge in [0.2, 0.25) is 0 Å². The maximum Gasteiger partial charge on any atom is 0.407 e. The molecule has 94 valence electrons. The van der Waals surface area contributed by atoms with Crippen molar-refractivity contribution in [2.75, 3.05) is 19.6 Å². The first kappa shape index (κ1) is 11.1. The lowest BCUT2D eigenvalue weighted by atomic mass is 10.1. The quantitative estimate of drug-likeness (QED) is 0.865. The van der Waals surface area contributed by atoms with Gasteiger partial charge in [-0.15, -0.1) is 0 Å². The number of carbonyl (C=O) groups is 1. The standard InChI is InChI=1S/C14H16N2O2/c17-14(18)16-9-12-7-15(8-13(12)10-16)6-11-4-2-1-3-5-11/h1-5,7,13H,6,8-10H2,(H,17,18). The highest BCUT2D eigenvalue weighted by atomic mass is 16.4. The summed E-state index contributed by atoms with van der Waals surface area (Å²) in [6.45, 7) is 3.07. The van der Waals surface area contributed by atoms with Gasteiger partial charge >= 0.3 is 6.09 Å². The molecule has 4 nitrogen and oxygen atoms in total. The highest BCUT2D eigenvalue weighted by molar-refractivity contribution is 5.66. The van der Waals surface area contributed by atoms with E-state index in [1.807, 2.05) is 18.2 Å². The van der Waals surface area contributed by atoms with E-state index in [1.165, 1.54) is 16.0 Å². The van der Waals surface area contributed by atoms with Crippen molar-refractivity contribution in [3.63, 3.8) is 0 Å². The van der Waals surface area contributed by atoms with E-state index in [0.29, 0.717) is 19.0 Å². The molecule has 0 aliphatic carbocycles. The highest BCUT2D eigenvalue weighted by Crippen LogP contribution is 2.30. The summed E-state index contributed by atoms with van der Waals surface area (Å²) in [5.74, 6) is 0.393. The van der Waals surface area contributed by atoms with Gasteiger partial charge in [-0.3, -0.25) is 0 Å². The molecule has 1 atom stereocenters. The number of benzene rings is 1. The maximum absolute atomic E-state index is 10.9. The van der Waals surface area contributed by atoms with Crippen LogP contribution in [0.3, 0.4) is 0 Å². The van der Waals surface area contributed by atoms with Crippen molar-refractivity contribution < 1.29 is 9.90 Å². The van der Waals surface area contributed by atoms with Crippen LogP contribution in [0.5, 0.6) is 0 Å². The summed E-state index contributed by atoms with van der Waals surface area (Å²) in [6, 6.07) is 10.4. The van der Waals surface area contributed by atoms with Crippen molar-refractivity contribution in [3.05, 3.63) is 47.7 Å². The summed E-state index contributed by atoms with van der Waals surface area (Å²) in [7, 11) is 0. The van der Waals surface area contributed by atoms with E-state index in [1.54, 1.807) is 0 Å². The average Bonchev–Trinajstić information content (AvgIpc) is 2.88. The lowest BCUT2D eigenvalue weighted by molar-refractivity contribution is 0.152. The molecule has 3 rings (SSSR count). The molecule has 0 saturated carbocycles. The molecule has 1 fully saturated rings. The van der Waals surface area contributed by atoms with E-state index in [-0.39, 0.29) is 0 Å². The van der Waals surface area contributed by atoms with E-state index in [4.69, 9.17) is 5.11 Å². The van der Waals surface area contributed by atoms with Crippen LogP contribution in [0.2, 0.25) is 0 Å². The van der Waals surface area contributed by atoms with Crippen LogP contribution >= 0.6 is 0 Å². The van der Waals surface area contributed by atoms with E-state index < -0.39 is 6.09 Å². The Morgan fingerprint density at radius 2 is 2.06 bits per heavy atom. The lowest BCUT2D eigenvalue weighted by Gasteiger charge is -2.19. The van der Waals surface area contributed by atoms with Gasteiger partial charge in [0.15, 0.2) is 0 Å². The summed E-state index contributed by atoms with van der Waals surface area (Å²) >= 11 is 0. The van der Waals surface area contributed by atoms with Crippen LogP contribution in [0.15, 0.2) is 42.1 Å². The van der Waals surface area contributed by atoms with E-state index in [0.717, 1.165) is 13.1 Å². The van der Waals surface area contributed by atoms with Crippen LogP contribution in [-0.4, -0.2) is 40.6 Å². The summed E-state index contributed by atoms with van der Waals surface area (Å²) in [6.07, 6.45) is 1.33. The third kappa shape index (κ3) is 2.06. The molecule has 1 saturated heterocycles. The molecule has 0 spiro atoms. The van der Waals surface area contributed by atoms with Crippen LogP contribution in [0, 0.1) is 5.92 Å². The Labute approximate surface area is 106 Å². The molecule has 1 aromatic rings. The van der Waals surface area contributed by atoms with Crippen molar-refractivity contribution >= 4 is 6.09 Å². The van der Waals surface area contributed by atoms with Crippen LogP contribution in [0.25, 0.3) is 0 Å². The molecule has 2 aliphatic rings. The molecule has 18 heavy (non-hydrogen) atoms. The van der Waals surface area contributed by atoms with Gasteiger partial charge in [-0.25, -0.2) is 4.79 Å². The Bertz CT molecular complexity index is 484. The van der Waals surface area contributed by atoms with Crippen molar-refractivity contribution in [1.29, 1.82) is 0 Å². The third-order valence-electron chi connectivity index (χ3n) is 3.64. The molecule has 1 N–H and O–H groups in total. The molecule has 1 amide bonds. The van der Waals surface area contributed by atoms with Crippen molar-refractivity contribution in [3.8, 4) is 0 Å². The van der Waals surface area contributed by atoms with Crippen LogP contribution < -0.4 is 0 Å². The number of hydrogen-bond acceptors (Lipinski definition) is 2. The lowest BCUT2D eigenvalue weighted by Crippen LogP contribution is -2.29. The number of carboxylic acid groups (broad SMARTS) is 1. The number of rotatable bonds is 2. The third-order valence-corrected chi connectivity index (χ3v) is 3.64. The fraction of sp³-hybridized carbons (Fsp3) is 0.357. The normalized spacial score (nSPS) is 22.0. The smallest absolute Gasteiger partial charge is 0.407 e. The van der Waals surface area contributed by atoms with Crippen molar-refractivity contribution in [2.45, 2.75) is 6.54 Å². The number of fused-ring (bicyclic) bond motifs is 1. The van der Waals surface area contributed by atoms with Crippen LogP contribution in [-0.2, 0) is 6.54 Å². The van der Waals surface area contributed by atoms with Gasteiger partial charge in [0.1, 0.15) is 0 Å². The van der Waals surface area contributed by atoms with Crippen molar-refractivity contribution in [1.82, 2.24) is 9.80 Å². The van der Waals surface area contributed by atoms with Gasteiger partial charge in [-0.05, 0) is 11.1 Å². The van der Waals surface area contributed by atoms with Gasteiger partial charge in [0, 0.05) is 38.3 Å². The Morgan fingerprint density at radius 3 is 2.72 bits per heavy atom. The molecule has 2 aliphatic heterocycles. The maximum atomic E-state index is 10.9. The van der Waals surface area contributed by atoms with Gasteiger partial charge in [0.25, 0.3) is 0 Å². The Morgan fingerprint density at radius 1 is 1.28 bits per heavy atom. The highest BCUT2D eigenvalue weighted by Gasteiger charge is 2.35. The zero-order chi connectivity index (χ0) is 12.5. The second-order valence-electron chi connectivity index (χ2n) is 4.98. The minimum atomic E-state index is -0.806. The minimum Gasteiger partial charge on any atom is -0.465 e. The largest absolute Gasteiger partial charge is 0.465 e. The zero-order valence-corrected chi connectivity index (χ0v) is 10.1. The van der Waals surface area contributed by atoms with Gasteiger partial charge in [-0.1, -0.05) is 30.3 Å². The molecule has 2 heterocycles. The zero-order valence-electron chi connectivity index (χ0n) is 10.1. The molecule has 4 heteroatoms. The topological polar surface area (TPSA) is 43.8 Å². The molecular weight excluding hydrogens is 228 g/mol. The second-order valence-corrected chi connectivity index (χ2v) is 4.98. The summed E-state index contributed by atoms with van der Waals surface area (Å²) in [4.78, 5) is 14.7. The first-order valence-corrected chi connectivity index (χ1v) is 6.19. The van der Waals surface area contributed by atoms with Crippen LogP contribution in [0.1, 0.15) is 5.56 Å². The molecule has 0 bridgehead atoms. The SMILES string of the molecule is O=C(O)N1CC2=CN(Cc3ccccc3)CC2C1. The summed E-state index contributed by atoms with van der Waals surface area (Å²) in [5, 5.41) is 8.95. The monoisotopic (exact) mass is 244 g/mol. The fourth-order valence-corrected chi connectivity index (χ4v) is 2.76. The van der Waals surface area contributed by atoms with Crippen LogP contribution in [0.4, 0.5) is 4.79 Å². The van der Waals surface area contributed by atoms with E-state index >= 15 is 0 Å². The number of amides is 1. The predicted octanol–water partition coefficient (Wildman–Crippen LogP) is 2.00. The fourth-order valence-electron chi connectivity index (χ4n) is 2.76. The minimum absolute atomic E-state index is 0.393. The molecular formula is C14H16N2O2. The molecule has 1 unspecified atom stereocenters. The predicted molar refractivity (Wildman–Crippen MR) is 68.0 cm³/mol. The van der Waals surface area contributed by atoms with Gasteiger partial charge in [-0.2, -0.15) is 0 Å². The number of nitrogens with zero attached hydrogens (tertiary/aromatic N) is 2. The Hall–Kier alpha value is -1.97. The number of hydrogen-bond donors (Lipinski definition) is 1. The van der Waals surface area contributed by atoms with E-state index in [2.05, 4.69) is 23.2 Å². The first-order chi connectivity index (χ1) is 8.72. The number of likely N-dealkylation sites (tertiary alicyclic amines) is 1. The Kier molecular flexibility index (Phi) is 2.70. The first-order valence-electron chi connectivity index (χ1n) is 6.19. The van der Waals surface area contributed by atoms with Gasteiger partial charge in [0.05, 0.1) is 0 Å². The van der Waals surface area contributed by atoms with Gasteiger partial charge < -0.3 is 14.9 Å². The Balaban J connectivity index is 1.65. The average molecular weight is 244 g/mol. The second kappa shape index (κ2) is 4.37. The summed E-state index contributed by atoms with van der Waals surface area (Å²) < 4.78 is 0.